The Morgan fingerprint density at radius 2 is 2.00 bits per heavy atom. The van der Waals surface area contributed by atoms with Crippen molar-refractivity contribution in [1.29, 1.82) is 0 Å². The lowest BCUT2D eigenvalue weighted by Crippen LogP contribution is -1.96. The van der Waals surface area contributed by atoms with E-state index in [1.807, 2.05) is 11.5 Å². The molecule has 0 aliphatic carbocycles. The summed E-state index contributed by atoms with van der Waals surface area (Å²) >= 11 is 0. The molecule has 5 rings (SSSR count). The van der Waals surface area contributed by atoms with Gasteiger partial charge in [0, 0.05) is 36.2 Å². The fourth-order valence-electron chi connectivity index (χ4n) is 3.66. The third-order valence-corrected chi connectivity index (χ3v) is 5.13. The second-order valence-electron chi connectivity index (χ2n) is 6.91. The third kappa shape index (κ3) is 2.80. The van der Waals surface area contributed by atoms with Crippen molar-refractivity contribution in [2.75, 3.05) is 7.11 Å². The lowest BCUT2D eigenvalue weighted by molar-refractivity contribution is 0.416. The van der Waals surface area contributed by atoms with Crippen LogP contribution in [0.3, 0.4) is 0 Å². The lowest BCUT2D eigenvalue weighted by Gasteiger charge is -2.11. The first-order chi connectivity index (χ1) is 14.6. The molecule has 0 aliphatic heterocycles. The van der Waals surface area contributed by atoms with Gasteiger partial charge in [0.1, 0.15) is 22.6 Å². The van der Waals surface area contributed by atoms with E-state index < -0.39 is 0 Å². The molecule has 0 bridgehead atoms. The van der Waals surface area contributed by atoms with Crippen molar-refractivity contribution >= 4 is 22.3 Å². The van der Waals surface area contributed by atoms with Crippen LogP contribution in [0.25, 0.3) is 44.5 Å². The van der Waals surface area contributed by atoms with Crippen LogP contribution in [0.15, 0.2) is 47.3 Å². The average Bonchev–Trinajstić information content (AvgIpc) is 3.34. The lowest BCUT2D eigenvalue weighted by atomic mass is 9.98. The zero-order chi connectivity index (χ0) is 20.8. The maximum atomic E-state index is 14.9. The van der Waals surface area contributed by atoms with Crippen LogP contribution < -0.4 is 4.74 Å². The number of ether oxygens (including phenoxy) is 1. The maximum Gasteiger partial charge on any atom is 0.192 e. The minimum absolute atomic E-state index is 0.370. The van der Waals surface area contributed by atoms with Gasteiger partial charge in [0.25, 0.3) is 0 Å². The summed E-state index contributed by atoms with van der Waals surface area (Å²) in [6.07, 6.45) is 3.38. The molecule has 0 amide bonds. The molecule has 2 aromatic carbocycles. The monoisotopic (exact) mass is 403 g/mol. The number of hydrogen-bond donors (Lipinski definition) is 0. The highest BCUT2D eigenvalue weighted by atomic mass is 19.1. The first kappa shape index (κ1) is 18.2. The number of aromatic nitrogens is 5. The first-order valence-electron chi connectivity index (χ1n) is 9.51. The Hall–Kier alpha value is -3.81. The Morgan fingerprint density at radius 1 is 1.13 bits per heavy atom. The Labute approximate surface area is 171 Å². The van der Waals surface area contributed by atoms with Gasteiger partial charge in [0.05, 0.1) is 19.6 Å². The van der Waals surface area contributed by atoms with Crippen molar-refractivity contribution in [3.05, 3.63) is 54.6 Å². The molecule has 0 saturated heterocycles. The minimum Gasteiger partial charge on any atom is -0.496 e. The summed E-state index contributed by atoms with van der Waals surface area (Å²) in [6.45, 7) is 4.51. The van der Waals surface area contributed by atoms with E-state index in [9.17, 15) is 4.39 Å². The second-order valence-corrected chi connectivity index (χ2v) is 6.91. The molecule has 30 heavy (non-hydrogen) atoms. The molecule has 7 nitrogen and oxygen atoms in total. The van der Waals surface area contributed by atoms with Crippen molar-refractivity contribution in [2.24, 2.45) is 0 Å². The number of aryl methyl sites for hydroxylation is 2. The summed E-state index contributed by atoms with van der Waals surface area (Å²) in [4.78, 5) is 8.81. The Balaban J connectivity index is 1.72. The van der Waals surface area contributed by atoms with E-state index in [4.69, 9.17) is 9.15 Å². The van der Waals surface area contributed by atoms with Crippen LogP contribution in [0.4, 0.5) is 4.39 Å². The van der Waals surface area contributed by atoms with Gasteiger partial charge >= 0.3 is 0 Å². The molecule has 8 heteroatoms. The van der Waals surface area contributed by atoms with E-state index in [0.717, 1.165) is 23.2 Å². The van der Waals surface area contributed by atoms with E-state index in [1.165, 1.54) is 6.07 Å². The molecule has 0 spiro atoms. The highest BCUT2D eigenvalue weighted by molar-refractivity contribution is 5.91. The van der Waals surface area contributed by atoms with Gasteiger partial charge in [0.15, 0.2) is 17.1 Å². The van der Waals surface area contributed by atoms with E-state index >= 15 is 0 Å². The molecule has 3 heterocycles. The Kier molecular flexibility index (Phi) is 4.20. The number of nitrogens with zero attached hydrogens (tertiary/aromatic N) is 5. The van der Waals surface area contributed by atoms with Crippen molar-refractivity contribution in [2.45, 2.75) is 20.4 Å². The summed E-state index contributed by atoms with van der Waals surface area (Å²) in [5.74, 6) is 0.681. The molecule has 0 atom stereocenters. The molecule has 3 aromatic heterocycles. The van der Waals surface area contributed by atoms with Crippen LogP contribution in [0.2, 0.25) is 0 Å². The zero-order valence-corrected chi connectivity index (χ0v) is 16.7. The van der Waals surface area contributed by atoms with Crippen molar-refractivity contribution in [3.63, 3.8) is 0 Å². The van der Waals surface area contributed by atoms with Crippen LogP contribution in [0, 0.1) is 12.7 Å². The SMILES string of the molecule is CCn1cnc2c(-c3ccc(F)c(-c4cc5oc(C)nc5cc4OC)c3)cnnc21. The topological polar surface area (TPSA) is 78.9 Å². The average molecular weight is 403 g/mol. The highest BCUT2D eigenvalue weighted by Crippen LogP contribution is 2.38. The number of oxazole rings is 1. The van der Waals surface area contributed by atoms with Crippen LogP contribution in [-0.2, 0) is 6.54 Å². The molecule has 0 fully saturated rings. The van der Waals surface area contributed by atoms with Gasteiger partial charge in [0.2, 0.25) is 0 Å². The van der Waals surface area contributed by atoms with Gasteiger partial charge in [-0.25, -0.2) is 14.4 Å². The normalized spacial score (nSPS) is 11.5. The Bertz CT molecular complexity index is 1410. The molecule has 5 aromatic rings. The number of methoxy groups -OCH3 is 1. The van der Waals surface area contributed by atoms with Gasteiger partial charge in [-0.3, -0.25) is 0 Å². The first-order valence-corrected chi connectivity index (χ1v) is 9.51. The van der Waals surface area contributed by atoms with Gasteiger partial charge < -0.3 is 13.7 Å². The van der Waals surface area contributed by atoms with Crippen LogP contribution in [-0.4, -0.2) is 31.8 Å². The second kappa shape index (κ2) is 6.91. The highest BCUT2D eigenvalue weighted by Gasteiger charge is 2.18. The van der Waals surface area contributed by atoms with E-state index in [-0.39, 0.29) is 5.82 Å². The molecule has 150 valence electrons. The van der Waals surface area contributed by atoms with Crippen LogP contribution in [0.1, 0.15) is 12.8 Å². The van der Waals surface area contributed by atoms with Crippen LogP contribution in [0.5, 0.6) is 5.75 Å². The van der Waals surface area contributed by atoms with Gasteiger partial charge in [-0.15, -0.1) is 5.10 Å². The number of halogens is 1. The van der Waals surface area contributed by atoms with Crippen molar-refractivity contribution < 1.29 is 13.5 Å². The fraction of sp³-hybridized carbons (Fsp3) is 0.182. The molecule has 0 N–H and O–H groups in total. The third-order valence-electron chi connectivity index (χ3n) is 5.13. The number of rotatable bonds is 4. The standard InChI is InChI=1S/C22H18FN5O2/c1-4-28-11-24-21-16(10-25-27-22(21)28)13-5-6-17(23)14(7-13)15-8-20-18(9-19(15)29-3)26-12(2)30-20/h5-11H,4H2,1-3H3. The number of fused-ring (bicyclic) bond motifs is 2. The van der Waals surface area contributed by atoms with Crippen molar-refractivity contribution in [1.82, 2.24) is 24.7 Å². The van der Waals surface area contributed by atoms with Crippen LogP contribution >= 0.6 is 0 Å². The molecule has 0 saturated carbocycles. The summed E-state index contributed by atoms with van der Waals surface area (Å²) < 4.78 is 28.0. The predicted molar refractivity (Wildman–Crippen MR) is 111 cm³/mol. The quantitative estimate of drug-likeness (QED) is 0.430. The summed E-state index contributed by atoms with van der Waals surface area (Å²) in [6, 6.07) is 8.42. The summed E-state index contributed by atoms with van der Waals surface area (Å²) in [5.41, 5.74) is 5.18. The van der Waals surface area contributed by atoms with E-state index in [1.54, 1.807) is 50.8 Å². The number of benzene rings is 2. The molecular weight excluding hydrogens is 385 g/mol. The molecule has 0 aliphatic rings. The van der Waals surface area contributed by atoms with Crippen molar-refractivity contribution in [3.8, 4) is 28.0 Å². The summed E-state index contributed by atoms with van der Waals surface area (Å²) in [7, 11) is 1.55. The van der Waals surface area contributed by atoms with E-state index in [2.05, 4.69) is 20.2 Å². The predicted octanol–water partition coefficient (Wildman–Crippen LogP) is 4.78. The van der Waals surface area contributed by atoms with Gasteiger partial charge in [-0.05, 0) is 30.7 Å². The van der Waals surface area contributed by atoms with E-state index in [0.29, 0.717) is 39.5 Å². The molecule has 0 radical (unpaired) electrons. The smallest absolute Gasteiger partial charge is 0.192 e. The maximum absolute atomic E-state index is 14.9. The zero-order valence-electron chi connectivity index (χ0n) is 16.7. The Morgan fingerprint density at radius 3 is 2.80 bits per heavy atom. The fourth-order valence-corrected chi connectivity index (χ4v) is 3.66. The number of hydrogen-bond acceptors (Lipinski definition) is 6. The minimum atomic E-state index is -0.370. The molecular formula is C22H18FN5O2. The van der Waals surface area contributed by atoms with Gasteiger partial charge in [-0.2, -0.15) is 5.10 Å². The van der Waals surface area contributed by atoms with Gasteiger partial charge in [-0.1, -0.05) is 6.07 Å². The largest absolute Gasteiger partial charge is 0.496 e. The molecule has 0 unspecified atom stereocenters. The summed E-state index contributed by atoms with van der Waals surface area (Å²) in [5, 5.41) is 8.32. The number of imidazole rings is 1.